The molecule has 0 amide bonds. The van der Waals surface area contributed by atoms with E-state index in [4.69, 9.17) is 5.73 Å². The largest absolute Gasteiger partial charge is 0.330 e. The number of halogens is 1. The molecule has 0 bridgehead atoms. The lowest BCUT2D eigenvalue weighted by molar-refractivity contribution is 0.774. The summed E-state index contributed by atoms with van der Waals surface area (Å²) < 4.78 is 0. The van der Waals surface area contributed by atoms with Gasteiger partial charge in [-0.25, -0.2) is 0 Å². The molecule has 0 saturated heterocycles. The van der Waals surface area contributed by atoms with Crippen molar-refractivity contribution < 1.29 is 0 Å². The van der Waals surface area contributed by atoms with Crippen LogP contribution in [0.5, 0.6) is 0 Å². The van der Waals surface area contributed by atoms with Crippen LogP contribution in [0.25, 0.3) is 0 Å². The van der Waals surface area contributed by atoms with Crippen LogP contribution in [0.3, 0.4) is 0 Å². The van der Waals surface area contributed by atoms with E-state index in [2.05, 4.69) is 40.2 Å². The monoisotopic (exact) mass is 227 g/mol. The molecule has 0 spiro atoms. The topological polar surface area (TPSA) is 26.0 Å². The third-order valence-corrected chi connectivity index (χ3v) is 2.56. The van der Waals surface area contributed by atoms with E-state index >= 15 is 0 Å². The van der Waals surface area contributed by atoms with E-state index in [-0.39, 0.29) is 0 Å². The first-order chi connectivity index (χ1) is 5.83. The summed E-state index contributed by atoms with van der Waals surface area (Å²) in [5.74, 6) is 0. The van der Waals surface area contributed by atoms with E-state index in [1.54, 1.807) is 0 Å². The lowest BCUT2D eigenvalue weighted by Gasteiger charge is -2.07. The molecule has 0 heterocycles. The summed E-state index contributed by atoms with van der Waals surface area (Å²) in [5, 5.41) is 0. The molecule has 12 heavy (non-hydrogen) atoms. The number of hydrogen-bond acceptors (Lipinski definition) is 1. The van der Waals surface area contributed by atoms with E-state index in [1.807, 2.05) is 6.07 Å². The molecule has 0 fully saturated rings. The first-order valence-corrected chi connectivity index (χ1v) is 5.12. The van der Waals surface area contributed by atoms with Gasteiger partial charge >= 0.3 is 0 Å². The first-order valence-electron chi connectivity index (χ1n) is 4.21. The predicted octanol–water partition coefficient (Wildman–Crippen LogP) is 2.34. The van der Waals surface area contributed by atoms with E-state index in [0.717, 1.165) is 19.4 Å². The van der Waals surface area contributed by atoms with Gasteiger partial charge in [-0.2, -0.15) is 0 Å². The molecule has 1 atom stereocenters. The van der Waals surface area contributed by atoms with Crippen molar-refractivity contribution in [2.24, 2.45) is 5.73 Å². The Morgan fingerprint density at radius 1 is 1.25 bits per heavy atom. The molecule has 2 N–H and O–H groups in total. The quantitative estimate of drug-likeness (QED) is 0.786. The maximum Gasteiger partial charge on any atom is 0.0198 e. The Bertz CT molecular complexity index is 210. The van der Waals surface area contributed by atoms with Crippen LogP contribution in [-0.4, -0.2) is 11.4 Å². The van der Waals surface area contributed by atoms with E-state index in [9.17, 15) is 0 Å². The summed E-state index contributed by atoms with van der Waals surface area (Å²) in [5.41, 5.74) is 6.82. The Morgan fingerprint density at radius 2 is 1.92 bits per heavy atom. The fourth-order valence-electron chi connectivity index (χ4n) is 1.15. The second-order valence-corrected chi connectivity index (χ2v) is 4.16. The minimum absolute atomic E-state index is 0.518. The molecule has 1 aromatic rings. The van der Waals surface area contributed by atoms with E-state index in [1.165, 1.54) is 5.56 Å². The van der Waals surface area contributed by atoms with Crippen LogP contribution in [0.4, 0.5) is 0 Å². The minimum Gasteiger partial charge on any atom is -0.330 e. The maximum absolute atomic E-state index is 5.45. The SMILES string of the molecule is NCCC(Br)Cc1ccccc1. The zero-order chi connectivity index (χ0) is 8.81. The van der Waals surface area contributed by atoms with Gasteiger partial charge in [-0.1, -0.05) is 46.3 Å². The molecule has 0 aliphatic rings. The van der Waals surface area contributed by atoms with Gasteiger partial charge in [-0.3, -0.25) is 0 Å². The van der Waals surface area contributed by atoms with Crippen LogP contribution in [0, 0.1) is 0 Å². The van der Waals surface area contributed by atoms with Crippen LogP contribution in [0.1, 0.15) is 12.0 Å². The number of nitrogens with two attached hydrogens (primary N) is 1. The molecule has 0 aliphatic carbocycles. The van der Waals surface area contributed by atoms with Crippen molar-refractivity contribution in [1.29, 1.82) is 0 Å². The molecule has 1 rings (SSSR count). The zero-order valence-electron chi connectivity index (χ0n) is 7.04. The Balaban J connectivity index is 2.41. The van der Waals surface area contributed by atoms with Crippen LogP contribution in [0.2, 0.25) is 0 Å². The first kappa shape index (κ1) is 9.75. The molecule has 1 unspecified atom stereocenters. The normalized spacial score (nSPS) is 12.8. The van der Waals surface area contributed by atoms with Gasteiger partial charge in [0.2, 0.25) is 0 Å². The van der Waals surface area contributed by atoms with Crippen molar-refractivity contribution in [2.45, 2.75) is 17.7 Å². The highest BCUT2D eigenvalue weighted by atomic mass is 79.9. The Kier molecular flexibility index (Phi) is 4.33. The van der Waals surface area contributed by atoms with Crippen LogP contribution >= 0.6 is 15.9 Å². The van der Waals surface area contributed by atoms with Gasteiger partial charge in [-0.05, 0) is 24.9 Å². The zero-order valence-corrected chi connectivity index (χ0v) is 8.63. The lowest BCUT2D eigenvalue weighted by Crippen LogP contribution is -2.10. The van der Waals surface area contributed by atoms with E-state index in [0.29, 0.717) is 4.83 Å². The van der Waals surface area contributed by atoms with Gasteiger partial charge in [-0.15, -0.1) is 0 Å². The summed E-state index contributed by atoms with van der Waals surface area (Å²) >= 11 is 3.59. The van der Waals surface area contributed by atoms with Gasteiger partial charge < -0.3 is 5.73 Å². The fraction of sp³-hybridized carbons (Fsp3) is 0.400. The molecule has 2 heteroatoms. The summed E-state index contributed by atoms with van der Waals surface area (Å²) in [7, 11) is 0. The molecule has 0 radical (unpaired) electrons. The van der Waals surface area contributed by atoms with Gasteiger partial charge in [0, 0.05) is 4.83 Å². The predicted molar refractivity (Wildman–Crippen MR) is 56.5 cm³/mol. The number of benzene rings is 1. The molecule has 0 saturated carbocycles. The van der Waals surface area contributed by atoms with Gasteiger partial charge in [0.15, 0.2) is 0 Å². The smallest absolute Gasteiger partial charge is 0.0198 e. The number of rotatable bonds is 4. The summed E-state index contributed by atoms with van der Waals surface area (Å²) in [4.78, 5) is 0.518. The van der Waals surface area contributed by atoms with Crippen molar-refractivity contribution >= 4 is 15.9 Å². The molecule has 1 aromatic carbocycles. The summed E-state index contributed by atoms with van der Waals surface area (Å²) in [6.07, 6.45) is 2.10. The molecule has 0 aromatic heterocycles. The minimum atomic E-state index is 0.518. The van der Waals surface area contributed by atoms with Crippen molar-refractivity contribution in [3.8, 4) is 0 Å². The van der Waals surface area contributed by atoms with Gasteiger partial charge in [0.25, 0.3) is 0 Å². The highest BCUT2D eigenvalue weighted by Gasteiger charge is 2.02. The summed E-state index contributed by atoms with van der Waals surface area (Å²) in [6, 6.07) is 10.5. The molecule has 66 valence electrons. The second-order valence-electron chi connectivity index (χ2n) is 2.86. The number of alkyl halides is 1. The average Bonchev–Trinajstić information content (AvgIpc) is 2.06. The Labute approximate surface area is 82.1 Å². The third-order valence-electron chi connectivity index (χ3n) is 1.78. The molecule has 1 nitrogen and oxygen atoms in total. The highest BCUT2D eigenvalue weighted by molar-refractivity contribution is 9.09. The third kappa shape index (κ3) is 3.37. The standard InChI is InChI=1S/C10H14BrN/c11-10(6-7-12)8-9-4-2-1-3-5-9/h1-5,10H,6-8,12H2. The second kappa shape index (κ2) is 5.33. The number of hydrogen-bond donors (Lipinski definition) is 1. The maximum atomic E-state index is 5.45. The molecular weight excluding hydrogens is 214 g/mol. The Morgan fingerprint density at radius 3 is 2.50 bits per heavy atom. The van der Waals surface area contributed by atoms with Crippen molar-refractivity contribution in [3.05, 3.63) is 35.9 Å². The van der Waals surface area contributed by atoms with Crippen molar-refractivity contribution in [1.82, 2.24) is 0 Å². The average molecular weight is 228 g/mol. The van der Waals surface area contributed by atoms with Gasteiger partial charge in [0.05, 0.1) is 0 Å². The Hall–Kier alpha value is -0.340. The van der Waals surface area contributed by atoms with Crippen molar-refractivity contribution in [3.63, 3.8) is 0 Å². The highest BCUT2D eigenvalue weighted by Crippen LogP contribution is 2.11. The van der Waals surface area contributed by atoms with Crippen LogP contribution in [0.15, 0.2) is 30.3 Å². The lowest BCUT2D eigenvalue weighted by atomic mass is 10.1. The van der Waals surface area contributed by atoms with E-state index < -0.39 is 0 Å². The fourth-order valence-corrected chi connectivity index (χ4v) is 1.79. The van der Waals surface area contributed by atoms with Gasteiger partial charge in [0.1, 0.15) is 0 Å². The van der Waals surface area contributed by atoms with Crippen LogP contribution < -0.4 is 5.73 Å². The van der Waals surface area contributed by atoms with Crippen LogP contribution in [-0.2, 0) is 6.42 Å². The summed E-state index contributed by atoms with van der Waals surface area (Å²) in [6.45, 7) is 0.753. The molecular formula is C10H14BrN. The van der Waals surface area contributed by atoms with Crippen molar-refractivity contribution in [2.75, 3.05) is 6.54 Å². The molecule has 0 aliphatic heterocycles.